The number of hydrogen-bond donors (Lipinski definition) is 2. The first-order valence-electron chi connectivity index (χ1n) is 7.15. The second kappa shape index (κ2) is 6.86. The smallest absolute Gasteiger partial charge is 0.425 e. The number of nitrogens with one attached hydrogen (secondary N) is 2. The molecule has 2 N–H and O–H groups in total. The summed E-state index contributed by atoms with van der Waals surface area (Å²) in [5, 5.41) is 7.95. The van der Waals surface area contributed by atoms with E-state index in [1.165, 1.54) is 17.1 Å². The summed E-state index contributed by atoms with van der Waals surface area (Å²) in [6.07, 6.45) is 0.640. The molecule has 0 aliphatic heterocycles. The van der Waals surface area contributed by atoms with Crippen LogP contribution < -0.4 is 10.9 Å². The average Bonchev–Trinajstić information content (AvgIpc) is 2.99. The Hall–Kier alpha value is -3.30. The molecule has 0 atom stereocenters. The first-order chi connectivity index (χ1) is 11.7. The summed E-state index contributed by atoms with van der Waals surface area (Å²) in [6.45, 7) is 2.10. The van der Waals surface area contributed by atoms with Gasteiger partial charge in [0, 0.05) is 5.56 Å². The summed E-state index contributed by atoms with van der Waals surface area (Å²) in [4.78, 5) is 19.4. The van der Waals surface area contributed by atoms with Crippen molar-refractivity contribution < 1.29 is 13.9 Å². The maximum Gasteiger partial charge on any atom is 0.425 e. The summed E-state index contributed by atoms with van der Waals surface area (Å²) in [7, 11) is 0. The van der Waals surface area contributed by atoms with E-state index in [1.807, 2.05) is 0 Å². The molecule has 0 unspecified atom stereocenters. The van der Waals surface area contributed by atoms with E-state index in [9.17, 15) is 9.18 Å². The predicted molar refractivity (Wildman–Crippen MR) is 82.4 cm³/mol. The highest BCUT2D eigenvalue weighted by atomic mass is 19.1. The van der Waals surface area contributed by atoms with E-state index in [0.717, 1.165) is 0 Å². The maximum absolute atomic E-state index is 13.8. The van der Waals surface area contributed by atoms with Gasteiger partial charge in [0.15, 0.2) is 17.0 Å². The van der Waals surface area contributed by atoms with Gasteiger partial charge in [-0.25, -0.2) is 29.3 Å². The Balaban J connectivity index is 1.84. The van der Waals surface area contributed by atoms with Crippen molar-refractivity contribution in [3.63, 3.8) is 0 Å². The number of fused-ring (bicyclic) bond motifs is 1. The van der Waals surface area contributed by atoms with E-state index in [0.29, 0.717) is 16.7 Å². The summed E-state index contributed by atoms with van der Waals surface area (Å²) >= 11 is 0. The van der Waals surface area contributed by atoms with Crippen LogP contribution in [0.15, 0.2) is 30.6 Å². The van der Waals surface area contributed by atoms with Crippen LogP contribution in [0.3, 0.4) is 0 Å². The van der Waals surface area contributed by atoms with E-state index in [1.54, 1.807) is 25.1 Å². The summed E-state index contributed by atoms with van der Waals surface area (Å²) in [5.74, 6) is -0.0784. The van der Waals surface area contributed by atoms with Crippen molar-refractivity contribution in [2.75, 3.05) is 12.0 Å². The van der Waals surface area contributed by atoms with Gasteiger partial charge in [0.05, 0.1) is 13.2 Å². The molecule has 0 spiro atoms. The molecule has 0 bridgehead atoms. The molecule has 3 aromatic rings. The van der Waals surface area contributed by atoms with Crippen molar-refractivity contribution in [2.24, 2.45) is 0 Å². The zero-order valence-electron chi connectivity index (χ0n) is 12.7. The monoisotopic (exact) mass is 331 g/mol. The number of benzene rings is 1. The fourth-order valence-corrected chi connectivity index (χ4v) is 2.05. The fourth-order valence-electron chi connectivity index (χ4n) is 2.05. The lowest BCUT2D eigenvalue weighted by Crippen LogP contribution is -2.30. The summed E-state index contributed by atoms with van der Waals surface area (Å²) in [5.41, 5.74) is 6.12. The predicted octanol–water partition coefficient (Wildman–Crippen LogP) is 1.48. The van der Waals surface area contributed by atoms with E-state index < -0.39 is 6.09 Å². The molecule has 0 fully saturated rings. The van der Waals surface area contributed by atoms with Gasteiger partial charge in [-0.2, -0.15) is 0 Å². The van der Waals surface area contributed by atoms with E-state index in [-0.39, 0.29) is 24.8 Å². The van der Waals surface area contributed by atoms with Crippen LogP contribution in [0.5, 0.6) is 0 Å². The molecule has 9 nitrogen and oxygen atoms in total. The van der Waals surface area contributed by atoms with Crippen LogP contribution in [0.2, 0.25) is 0 Å². The zero-order valence-corrected chi connectivity index (χ0v) is 12.7. The average molecular weight is 331 g/mol. The number of aromatic nitrogens is 5. The molecule has 2 heterocycles. The molecule has 1 amide bonds. The lowest BCUT2D eigenvalue weighted by atomic mass is 10.2. The van der Waals surface area contributed by atoms with Crippen molar-refractivity contribution in [3.05, 3.63) is 42.0 Å². The van der Waals surface area contributed by atoms with Gasteiger partial charge in [-0.05, 0) is 13.0 Å². The Kier molecular flexibility index (Phi) is 4.45. The number of amides is 1. The van der Waals surface area contributed by atoms with E-state index in [2.05, 4.69) is 31.1 Å². The molecule has 10 heteroatoms. The molecule has 2 aromatic heterocycles. The number of carbonyl (C=O) groups is 1. The first-order valence-corrected chi connectivity index (χ1v) is 7.15. The van der Waals surface area contributed by atoms with Gasteiger partial charge in [-0.3, -0.25) is 5.43 Å². The van der Waals surface area contributed by atoms with Crippen LogP contribution in [0.4, 0.5) is 15.0 Å². The minimum Gasteiger partial charge on any atom is -0.449 e. The third-order valence-electron chi connectivity index (χ3n) is 3.14. The molecule has 3 rings (SSSR count). The second-order valence-electron chi connectivity index (χ2n) is 4.70. The van der Waals surface area contributed by atoms with Crippen molar-refractivity contribution in [2.45, 2.75) is 13.5 Å². The Bertz CT molecular complexity index is 867. The molecule has 124 valence electrons. The van der Waals surface area contributed by atoms with Gasteiger partial charge in [-0.15, -0.1) is 5.10 Å². The number of hydrogen-bond acceptors (Lipinski definition) is 7. The molecule has 24 heavy (non-hydrogen) atoms. The lowest BCUT2D eigenvalue weighted by Gasteiger charge is -2.07. The van der Waals surface area contributed by atoms with Crippen LogP contribution >= 0.6 is 0 Å². The molecule has 1 aromatic carbocycles. The molecule has 0 radical (unpaired) electrons. The van der Waals surface area contributed by atoms with Gasteiger partial charge in [0.25, 0.3) is 0 Å². The van der Waals surface area contributed by atoms with E-state index in [4.69, 9.17) is 4.74 Å². The highest BCUT2D eigenvalue weighted by molar-refractivity contribution is 5.83. The van der Waals surface area contributed by atoms with Crippen LogP contribution in [0.25, 0.3) is 11.2 Å². The van der Waals surface area contributed by atoms with Crippen LogP contribution in [-0.2, 0) is 11.3 Å². The quantitative estimate of drug-likeness (QED) is 0.682. The number of rotatable bonds is 5. The Labute approximate surface area is 135 Å². The van der Waals surface area contributed by atoms with Crippen molar-refractivity contribution >= 4 is 23.1 Å². The van der Waals surface area contributed by atoms with Gasteiger partial charge < -0.3 is 4.74 Å². The first kappa shape index (κ1) is 15.6. The van der Waals surface area contributed by atoms with Gasteiger partial charge in [0.2, 0.25) is 0 Å². The number of halogens is 1. The zero-order chi connectivity index (χ0) is 16.9. The van der Waals surface area contributed by atoms with Crippen molar-refractivity contribution in [1.82, 2.24) is 30.4 Å². The highest BCUT2D eigenvalue weighted by Crippen LogP contribution is 2.17. The molecular weight excluding hydrogens is 317 g/mol. The van der Waals surface area contributed by atoms with Crippen LogP contribution in [0.1, 0.15) is 12.5 Å². The van der Waals surface area contributed by atoms with Gasteiger partial charge >= 0.3 is 6.09 Å². The van der Waals surface area contributed by atoms with Gasteiger partial charge in [0.1, 0.15) is 12.1 Å². The Morgan fingerprint density at radius 3 is 2.96 bits per heavy atom. The van der Waals surface area contributed by atoms with E-state index >= 15 is 0 Å². The molecular formula is C14H14FN7O2. The largest absolute Gasteiger partial charge is 0.449 e. The minimum atomic E-state index is -0.650. The second-order valence-corrected chi connectivity index (χ2v) is 4.70. The Morgan fingerprint density at radius 2 is 2.17 bits per heavy atom. The SMILES string of the molecule is CCOC(=O)NNc1ncnc2c1nnn2Cc1ccccc1F. The topological polar surface area (TPSA) is 107 Å². The van der Waals surface area contributed by atoms with Crippen LogP contribution in [0, 0.1) is 5.82 Å². The minimum absolute atomic E-state index is 0.172. The summed E-state index contributed by atoms with van der Waals surface area (Å²) in [6, 6.07) is 6.39. The number of hydrazine groups is 1. The standard InChI is InChI=1S/C14H14FN7O2/c1-2-24-14(23)20-19-12-11-13(17-8-16-12)22(21-18-11)7-9-5-3-4-6-10(9)15/h3-6,8H,2,7H2,1H3,(H,20,23)(H,16,17,19). The van der Waals surface area contributed by atoms with Crippen molar-refractivity contribution in [1.29, 1.82) is 0 Å². The summed E-state index contributed by atoms with van der Waals surface area (Å²) < 4.78 is 20.0. The number of carbonyl (C=O) groups excluding carboxylic acids is 1. The fraction of sp³-hybridized carbons (Fsp3) is 0.214. The number of nitrogens with zero attached hydrogens (tertiary/aromatic N) is 5. The normalized spacial score (nSPS) is 10.6. The molecule has 0 saturated heterocycles. The number of anilines is 1. The number of ether oxygens (including phenoxy) is 1. The molecule has 0 aliphatic carbocycles. The maximum atomic E-state index is 13.8. The van der Waals surface area contributed by atoms with Gasteiger partial charge in [-0.1, -0.05) is 23.4 Å². The van der Waals surface area contributed by atoms with Crippen LogP contribution in [-0.4, -0.2) is 37.7 Å². The highest BCUT2D eigenvalue weighted by Gasteiger charge is 2.13. The molecule has 0 saturated carbocycles. The van der Waals surface area contributed by atoms with Crippen molar-refractivity contribution in [3.8, 4) is 0 Å². The third-order valence-corrected chi connectivity index (χ3v) is 3.14. The third kappa shape index (κ3) is 3.21. The Morgan fingerprint density at radius 1 is 1.33 bits per heavy atom. The lowest BCUT2D eigenvalue weighted by molar-refractivity contribution is 0.154. The molecule has 0 aliphatic rings.